The topological polar surface area (TPSA) is 183 Å². The summed E-state index contributed by atoms with van der Waals surface area (Å²) in [6.07, 6.45) is 6.57. The number of hydrogen-bond donors (Lipinski definition) is 4. The fourth-order valence-electron chi connectivity index (χ4n) is 3.13. The van der Waals surface area contributed by atoms with Gasteiger partial charge in [-0.3, -0.25) is 0 Å². The molecule has 0 unspecified atom stereocenters. The number of nitrogens with one attached hydrogen (secondary N) is 4. The van der Waals surface area contributed by atoms with Crippen LogP contribution in [0, 0.1) is 0 Å². The molecule has 0 fully saturated rings. The average molecular weight is 391 g/mol. The molecule has 0 aromatic carbocycles. The number of carbonyl (C=O) groups excluding carboxylic acids is 4. The molecule has 12 nitrogen and oxygen atoms in total. The molecule has 0 saturated carbocycles. The van der Waals surface area contributed by atoms with E-state index >= 15 is 0 Å². The number of imidazole rings is 4. The van der Waals surface area contributed by atoms with E-state index in [1.807, 2.05) is 0 Å². The molecule has 0 bridgehead atoms. The van der Waals surface area contributed by atoms with Gasteiger partial charge in [0.2, 0.25) is 0 Å². The molecular formula is C16H12BN8O4-. The van der Waals surface area contributed by atoms with Crippen molar-refractivity contribution < 1.29 is 19.2 Å². The lowest BCUT2D eigenvalue weighted by atomic mass is 9.15. The molecule has 0 atom stereocenters. The zero-order valence-electron chi connectivity index (χ0n) is 14.6. The smallest absolute Gasteiger partial charge is 0.305 e. The Labute approximate surface area is 161 Å². The first kappa shape index (κ1) is 18.0. The van der Waals surface area contributed by atoms with E-state index in [1.54, 1.807) is 0 Å². The summed E-state index contributed by atoms with van der Waals surface area (Å²) in [5.74, 6) is -1.32. The summed E-state index contributed by atoms with van der Waals surface area (Å²) in [4.78, 5) is 79.5. The Kier molecular flexibility index (Phi) is 4.31. The lowest BCUT2D eigenvalue weighted by Gasteiger charge is -2.31. The van der Waals surface area contributed by atoms with Crippen molar-refractivity contribution in [3.63, 3.8) is 0 Å². The Hall–Kier alpha value is -4.42. The van der Waals surface area contributed by atoms with Crippen LogP contribution in [-0.2, 0) is 0 Å². The molecule has 13 heteroatoms. The average Bonchev–Trinajstić information content (AvgIpc) is 3.55. The molecule has 0 aliphatic carbocycles. The highest BCUT2D eigenvalue weighted by Crippen LogP contribution is 2.23. The van der Waals surface area contributed by atoms with E-state index in [2.05, 4.69) is 39.9 Å². The number of hydrogen-bond acceptors (Lipinski definition) is 8. The summed E-state index contributed by atoms with van der Waals surface area (Å²) in [6.45, 7) is 0. The van der Waals surface area contributed by atoms with E-state index in [1.165, 1.54) is 49.6 Å². The van der Waals surface area contributed by atoms with Crippen LogP contribution in [0.1, 0.15) is 42.5 Å². The molecule has 4 rings (SSSR count). The van der Waals surface area contributed by atoms with Crippen LogP contribution >= 0.6 is 0 Å². The van der Waals surface area contributed by atoms with Gasteiger partial charge in [-0.05, 0) is 0 Å². The Morgan fingerprint density at radius 2 is 0.759 bits per heavy atom. The van der Waals surface area contributed by atoms with Crippen molar-refractivity contribution in [2.75, 3.05) is 0 Å². The molecule has 4 aromatic heterocycles. The number of carbonyl (C=O) groups is 4. The molecule has 0 amide bonds. The van der Waals surface area contributed by atoms with Gasteiger partial charge in [-0.15, -0.1) is 0 Å². The largest absolute Gasteiger partial charge is 0.345 e. The van der Waals surface area contributed by atoms with E-state index in [0.717, 1.165) is 0 Å². The SMILES string of the molecule is O=C(c1ncc[nH]1)[B-](C(=O)c1ncc[nH]1)(C(=O)c1ncc[nH]1)C(=O)c1ncc[nH]1. The minimum absolute atomic E-state index is 0.329. The molecule has 0 saturated heterocycles. The number of rotatable bonds is 8. The number of aromatic amines is 4. The maximum absolute atomic E-state index is 13.5. The van der Waals surface area contributed by atoms with Crippen LogP contribution in [0.25, 0.3) is 0 Å². The van der Waals surface area contributed by atoms with Crippen LogP contribution in [0.3, 0.4) is 0 Å². The molecule has 4 heterocycles. The van der Waals surface area contributed by atoms with Crippen LogP contribution in [0.4, 0.5) is 0 Å². The summed E-state index contributed by atoms with van der Waals surface area (Å²) >= 11 is 0. The van der Waals surface area contributed by atoms with Gasteiger partial charge in [0.25, 0.3) is 0 Å². The third kappa shape index (κ3) is 2.72. The van der Waals surface area contributed by atoms with Crippen LogP contribution in [0.2, 0.25) is 0 Å². The minimum atomic E-state index is -3.82. The van der Waals surface area contributed by atoms with Gasteiger partial charge in [0, 0.05) is 49.6 Å². The number of H-pyrrole nitrogens is 4. The van der Waals surface area contributed by atoms with Crippen molar-refractivity contribution in [1.29, 1.82) is 0 Å². The highest BCUT2D eigenvalue weighted by Gasteiger charge is 2.56. The van der Waals surface area contributed by atoms with Gasteiger partial charge >= 0.3 is 6.15 Å². The number of nitrogens with zero attached hydrogens (tertiary/aromatic N) is 4. The van der Waals surface area contributed by atoms with Crippen LogP contribution in [-0.4, -0.2) is 68.7 Å². The van der Waals surface area contributed by atoms with Gasteiger partial charge in [0.05, 0.1) is 22.7 Å². The summed E-state index contributed by atoms with van der Waals surface area (Å²) in [7, 11) is 0. The third-order valence-corrected chi connectivity index (χ3v) is 4.50. The summed E-state index contributed by atoms with van der Waals surface area (Å²) in [5, 5.41) is 0. The molecule has 0 radical (unpaired) electrons. The lowest BCUT2D eigenvalue weighted by Crippen LogP contribution is -2.66. The van der Waals surface area contributed by atoms with Gasteiger partial charge in [-0.25, -0.2) is 19.9 Å². The molecule has 4 N–H and O–H groups in total. The second-order valence-electron chi connectivity index (χ2n) is 6.07. The standard InChI is InChI=1S/C16H12BN8O4/c26-9(13-18-1-2-19-13)17(10(27)14-20-3-4-21-14,11(28)15-22-5-6-23-15)12(29)16-24-7-8-25-16/h1-8H,(H,18,19)(H,20,21)(H,22,23)(H,24,25)/q-1. The van der Waals surface area contributed by atoms with E-state index in [0.29, 0.717) is 0 Å². The maximum Gasteiger partial charge on any atom is 0.305 e. The Bertz CT molecular complexity index is 974. The van der Waals surface area contributed by atoms with Crippen LogP contribution in [0.5, 0.6) is 0 Å². The van der Waals surface area contributed by atoms with Crippen molar-refractivity contribution in [3.8, 4) is 0 Å². The predicted molar refractivity (Wildman–Crippen MR) is 97.4 cm³/mol. The minimum Gasteiger partial charge on any atom is -0.345 e. The predicted octanol–water partition coefficient (Wildman–Crippen LogP) is 0.0160. The molecule has 29 heavy (non-hydrogen) atoms. The Balaban J connectivity index is 2.01. The van der Waals surface area contributed by atoms with Gasteiger partial charge < -0.3 is 39.1 Å². The second kappa shape index (κ2) is 6.96. The first-order valence-electron chi connectivity index (χ1n) is 8.39. The van der Waals surface area contributed by atoms with E-state index < -0.39 is 28.9 Å². The monoisotopic (exact) mass is 391 g/mol. The van der Waals surface area contributed by atoms with Gasteiger partial charge in [0.1, 0.15) is 23.3 Å². The van der Waals surface area contributed by atoms with E-state index in [-0.39, 0.29) is 23.3 Å². The van der Waals surface area contributed by atoms with Crippen LogP contribution in [0.15, 0.2) is 49.6 Å². The summed E-state index contributed by atoms with van der Waals surface area (Å²) < 4.78 is 0. The van der Waals surface area contributed by atoms with Gasteiger partial charge in [0.15, 0.2) is 0 Å². The molecule has 4 aromatic rings. The summed E-state index contributed by atoms with van der Waals surface area (Å²) in [5.41, 5.74) is -4.39. The molecule has 0 aliphatic rings. The van der Waals surface area contributed by atoms with Gasteiger partial charge in [-0.2, -0.15) is 0 Å². The first-order valence-corrected chi connectivity index (χ1v) is 8.39. The highest BCUT2D eigenvalue weighted by atomic mass is 16.2. The van der Waals surface area contributed by atoms with E-state index in [4.69, 9.17) is 0 Å². The molecule has 144 valence electrons. The summed E-state index contributed by atoms with van der Waals surface area (Å²) in [6, 6.07) is 0. The van der Waals surface area contributed by atoms with Gasteiger partial charge in [-0.1, -0.05) is 0 Å². The Morgan fingerprint density at radius 1 is 0.517 bits per heavy atom. The lowest BCUT2D eigenvalue weighted by molar-refractivity contribution is 0.0937. The quantitative estimate of drug-likeness (QED) is 0.303. The molecule has 0 spiro atoms. The third-order valence-electron chi connectivity index (χ3n) is 4.50. The molecular weight excluding hydrogens is 379 g/mol. The van der Waals surface area contributed by atoms with Crippen LogP contribution < -0.4 is 0 Å². The highest BCUT2D eigenvalue weighted by molar-refractivity contribution is 7.56. The van der Waals surface area contributed by atoms with Crippen molar-refractivity contribution in [2.45, 2.75) is 0 Å². The first-order chi connectivity index (χ1) is 14.1. The van der Waals surface area contributed by atoms with Crippen molar-refractivity contribution >= 4 is 28.9 Å². The fourth-order valence-corrected chi connectivity index (χ4v) is 3.13. The Morgan fingerprint density at radius 3 is 0.931 bits per heavy atom. The van der Waals surface area contributed by atoms with Crippen molar-refractivity contribution in [2.24, 2.45) is 0 Å². The van der Waals surface area contributed by atoms with E-state index in [9.17, 15) is 19.2 Å². The van der Waals surface area contributed by atoms with Crippen molar-refractivity contribution in [1.82, 2.24) is 39.9 Å². The van der Waals surface area contributed by atoms with Crippen molar-refractivity contribution in [3.05, 3.63) is 72.9 Å². The maximum atomic E-state index is 13.5. The number of aromatic nitrogens is 8. The molecule has 0 aliphatic heterocycles. The second-order valence-corrected chi connectivity index (χ2v) is 6.07. The zero-order valence-corrected chi connectivity index (χ0v) is 14.6. The fraction of sp³-hybridized carbons (Fsp3) is 0. The zero-order chi connectivity index (χ0) is 20.4. The normalized spacial score (nSPS) is 11.3.